The molecule has 1 N–H and O–H groups in total. The van der Waals surface area contributed by atoms with Crippen LogP contribution in [0.4, 0.5) is 10.1 Å². The Bertz CT molecular complexity index is 1260. The van der Waals surface area contributed by atoms with Crippen LogP contribution >= 0.6 is 11.8 Å². The number of benzene rings is 2. The SMILES string of the molecule is Cc1noc(C)c1CSc1ncccc1C(=O)Nc1cccc(COc2cccc(F)c2)c1. The second-order valence-electron chi connectivity index (χ2n) is 7.35. The maximum absolute atomic E-state index is 13.3. The van der Waals surface area contributed by atoms with E-state index in [1.54, 1.807) is 36.5 Å². The Kier molecular flexibility index (Phi) is 7.04. The number of amides is 1. The summed E-state index contributed by atoms with van der Waals surface area (Å²) < 4.78 is 24.2. The van der Waals surface area contributed by atoms with E-state index in [2.05, 4.69) is 15.5 Å². The van der Waals surface area contributed by atoms with Crippen molar-refractivity contribution in [3.05, 3.63) is 101 Å². The third kappa shape index (κ3) is 5.78. The Labute approximate surface area is 195 Å². The van der Waals surface area contributed by atoms with Crippen molar-refractivity contribution in [3.8, 4) is 5.75 Å². The van der Waals surface area contributed by atoms with Crippen LogP contribution in [-0.2, 0) is 12.4 Å². The van der Waals surface area contributed by atoms with E-state index in [0.717, 1.165) is 22.6 Å². The van der Waals surface area contributed by atoms with E-state index < -0.39 is 0 Å². The van der Waals surface area contributed by atoms with Gasteiger partial charge in [-0.15, -0.1) is 11.8 Å². The Hall–Kier alpha value is -3.65. The zero-order valence-electron chi connectivity index (χ0n) is 18.2. The van der Waals surface area contributed by atoms with E-state index in [9.17, 15) is 9.18 Å². The fourth-order valence-corrected chi connectivity index (χ4v) is 4.33. The van der Waals surface area contributed by atoms with Crippen molar-refractivity contribution in [2.75, 3.05) is 5.32 Å². The summed E-state index contributed by atoms with van der Waals surface area (Å²) in [4.78, 5) is 17.4. The van der Waals surface area contributed by atoms with E-state index >= 15 is 0 Å². The van der Waals surface area contributed by atoms with Crippen molar-refractivity contribution in [1.29, 1.82) is 0 Å². The average Bonchev–Trinajstić information content (AvgIpc) is 3.14. The Morgan fingerprint density at radius 3 is 2.76 bits per heavy atom. The van der Waals surface area contributed by atoms with Gasteiger partial charge < -0.3 is 14.6 Å². The third-order valence-electron chi connectivity index (χ3n) is 4.94. The molecule has 2 aromatic carbocycles. The van der Waals surface area contributed by atoms with Crippen LogP contribution in [0.3, 0.4) is 0 Å². The number of pyridine rings is 1. The molecule has 168 valence electrons. The molecule has 0 bridgehead atoms. The van der Waals surface area contributed by atoms with Crippen molar-refractivity contribution in [1.82, 2.24) is 10.1 Å². The number of anilines is 1. The third-order valence-corrected chi connectivity index (χ3v) is 5.97. The largest absolute Gasteiger partial charge is 0.489 e. The molecule has 8 heteroatoms. The summed E-state index contributed by atoms with van der Waals surface area (Å²) in [6, 6.07) is 16.8. The van der Waals surface area contributed by atoms with Crippen LogP contribution in [0.5, 0.6) is 5.75 Å². The number of ether oxygens (including phenoxy) is 1. The van der Waals surface area contributed by atoms with Gasteiger partial charge in [-0.25, -0.2) is 9.37 Å². The van der Waals surface area contributed by atoms with Crippen molar-refractivity contribution >= 4 is 23.4 Å². The van der Waals surface area contributed by atoms with Gasteiger partial charge in [-0.2, -0.15) is 0 Å². The zero-order chi connectivity index (χ0) is 23.2. The van der Waals surface area contributed by atoms with Gasteiger partial charge in [0.25, 0.3) is 5.91 Å². The monoisotopic (exact) mass is 463 g/mol. The highest BCUT2D eigenvalue weighted by molar-refractivity contribution is 7.98. The van der Waals surface area contributed by atoms with Gasteiger partial charge in [0.2, 0.25) is 0 Å². The van der Waals surface area contributed by atoms with E-state index in [4.69, 9.17) is 9.26 Å². The molecule has 0 fully saturated rings. The van der Waals surface area contributed by atoms with Gasteiger partial charge in [0.05, 0.1) is 11.3 Å². The van der Waals surface area contributed by atoms with Gasteiger partial charge >= 0.3 is 0 Å². The maximum Gasteiger partial charge on any atom is 0.258 e. The van der Waals surface area contributed by atoms with E-state index in [1.807, 2.05) is 32.0 Å². The van der Waals surface area contributed by atoms with Crippen LogP contribution < -0.4 is 10.1 Å². The van der Waals surface area contributed by atoms with E-state index in [-0.39, 0.29) is 18.3 Å². The summed E-state index contributed by atoms with van der Waals surface area (Å²) in [6.45, 7) is 4.01. The van der Waals surface area contributed by atoms with Crippen LogP contribution in [-0.4, -0.2) is 16.0 Å². The number of hydrogen-bond donors (Lipinski definition) is 1. The van der Waals surface area contributed by atoms with Gasteiger partial charge in [-0.05, 0) is 55.8 Å². The van der Waals surface area contributed by atoms with Gasteiger partial charge in [0, 0.05) is 29.3 Å². The number of halogens is 1. The topological polar surface area (TPSA) is 77.2 Å². The summed E-state index contributed by atoms with van der Waals surface area (Å²) >= 11 is 1.46. The normalized spacial score (nSPS) is 10.8. The standard InChI is InChI=1S/C25H22FN3O3S/c1-16-23(17(2)32-29-16)15-33-25-22(10-5-11-27-25)24(30)28-20-8-3-6-18(12-20)14-31-21-9-4-7-19(26)13-21/h3-13H,14-15H2,1-2H3,(H,28,30). The fourth-order valence-electron chi connectivity index (χ4n) is 3.19. The first-order chi connectivity index (χ1) is 16.0. The zero-order valence-corrected chi connectivity index (χ0v) is 19.0. The smallest absolute Gasteiger partial charge is 0.258 e. The highest BCUT2D eigenvalue weighted by atomic mass is 32.2. The number of aryl methyl sites for hydroxylation is 2. The molecule has 33 heavy (non-hydrogen) atoms. The van der Waals surface area contributed by atoms with Gasteiger partial charge in [-0.3, -0.25) is 4.79 Å². The van der Waals surface area contributed by atoms with Crippen molar-refractivity contribution in [3.63, 3.8) is 0 Å². The van der Waals surface area contributed by atoms with Crippen molar-refractivity contribution in [2.24, 2.45) is 0 Å². The molecule has 0 atom stereocenters. The van der Waals surface area contributed by atoms with Crippen LogP contribution in [0.25, 0.3) is 0 Å². The van der Waals surface area contributed by atoms with E-state index in [0.29, 0.717) is 27.8 Å². The molecular formula is C25H22FN3O3S. The number of thioether (sulfide) groups is 1. The number of carbonyl (C=O) groups is 1. The molecule has 0 spiro atoms. The van der Waals surface area contributed by atoms with Gasteiger partial charge in [-0.1, -0.05) is 23.4 Å². The number of rotatable bonds is 8. The van der Waals surface area contributed by atoms with Crippen LogP contribution in [0.15, 0.2) is 76.4 Å². The maximum atomic E-state index is 13.3. The lowest BCUT2D eigenvalue weighted by atomic mass is 10.2. The van der Waals surface area contributed by atoms with Gasteiger partial charge in [0.1, 0.15) is 29.0 Å². The number of nitrogens with one attached hydrogen (secondary N) is 1. The second kappa shape index (κ2) is 10.3. The molecule has 0 radical (unpaired) electrons. The minimum Gasteiger partial charge on any atom is -0.489 e. The Balaban J connectivity index is 1.42. The molecule has 0 aliphatic heterocycles. The molecule has 4 aromatic rings. The molecule has 0 saturated heterocycles. The minimum absolute atomic E-state index is 0.249. The molecular weight excluding hydrogens is 441 g/mol. The predicted octanol–water partition coefficient (Wildman–Crippen LogP) is 5.95. The van der Waals surface area contributed by atoms with Gasteiger partial charge in [0.15, 0.2) is 0 Å². The molecule has 1 amide bonds. The summed E-state index contributed by atoms with van der Waals surface area (Å²) in [5.74, 6) is 1.20. The molecule has 4 rings (SSSR count). The molecule has 2 aromatic heterocycles. The molecule has 6 nitrogen and oxygen atoms in total. The quantitative estimate of drug-likeness (QED) is 0.326. The van der Waals surface area contributed by atoms with Crippen molar-refractivity contribution in [2.45, 2.75) is 31.2 Å². The lowest BCUT2D eigenvalue weighted by Gasteiger charge is -2.11. The number of nitrogens with zero attached hydrogens (tertiary/aromatic N) is 2. The molecule has 0 saturated carbocycles. The molecule has 0 unspecified atom stereocenters. The minimum atomic E-state index is -0.354. The first kappa shape index (κ1) is 22.5. The summed E-state index contributed by atoms with van der Waals surface area (Å²) in [7, 11) is 0. The summed E-state index contributed by atoms with van der Waals surface area (Å²) in [6.07, 6.45) is 1.66. The van der Waals surface area contributed by atoms with Crippen LogP contribution in [0, 0.1) is 19.7 Å². The highest BCUT2D eigenvalue weighted by Gasteiger charge is 2.16. The number of aromatic nitrogens is 2. The number of carbonyl (C=O) groups excluding carboxylic acids is 1. The summed E-state index contributed by atoms with van der Waals surface area (Å²) in [5.41, 5.74) is 3.79. The van der Waals surface area contributed by atoms with E-state index in [1.165, 1.54) is 23.9 Å². The molecule has 0 aliphatic carbocycles. The number of hydrogen-bond acceptors (Lipinski definition) is 6. The fraction of sp³-hybridized carbons (Fsp3) is 0.160. The molecule has 2 heterocycles. The second-order valence-corrected chi connectivity index (χ2v) is 8.31. The first-order valence-electron chi connectivity index (χ1n) is 10.3. The Morgan fingerprint density at radius 2 is 1.97 bits per heavy atom. The lowest BCUT2D eigenvalue weighted by molar-refractivity contribution is 0.102. The lowest BCUT2D eigenvalue weighted by Crippen LogP contribution is -2.14. The average molecular weight is 464 g/mol. The first-order valence-corrected chi connectivity index (χ1v) is 11.3. The van der Waals surface area contributed by atoms with Crippen LogP contribution in [0.2, 0.25) is 0 Å². The summed E-state index contributed by atoms with van der Waals surface area (Å²) in [5, 5.41) is 7.52. The van der Waals surface area contributed by atoms with Crippen LogP contribution in [0.1, 0.15) is 32.9 Å². The Morgan fingerprint density at radius 1 is 1.12 bits per heavy atom. The predicted molar refractivity (Wildman–Crippen MR) is 125 cm³/mol. The highest BCUT2D eigenvalue weighted by Crippen LogP contribution is 2.28. The molecule has 0 aliphatic rings. The van der Waals surface area contributed by atoms with Crippen molar-refractivity contribution < 1.29 is 18.4 Å².